The molecule has 0 aliphatic carbocycles. The standard InChI is InChI=1S/C33H28Cl2I2N2O6S/c1-5-43-26-14-19(8-10-25(26)42-4)29-28(32(41)44-6-2)17(3)38-33-39(29)31(40)27(46-33)13-18-11-23(36)30(24(37)12-18)45-16-20-7-9-21(34)15-22(20)35/h7-15,29H,5-6,16H2,1-4H3/b27-13-/t29-/m0/s1. The first kappa shape index (κ1) is 34.7. The molecule has 0 amide bonds. The van der Waals surface area contributed by atoms with Gasteiger partial charge in [-0.1, -0.05) is 46.7 Å². The molecule has 46 heavy (non-hydrogen) atoms. The fraction of sp³-hybridized carbons (Fsp3) is 0.242. The first-order valence-corrected chi connectivity index (χ1v) is 17.8. The van der Waals surface area contributed by atoms with Crippen LogP contribution in [0.2, 0.25) is 10.0 Å². The Hall–Kier alpha value is -2.59. The molecule has 1 aliphatic heterocycles. The van der Waals surface area contributed by atoms with Gasteiger partial charge in [0.15, 0.2) is 16.3 Å². The Kier molecular flexibility index (Phi) is 11.4. The molecule has 0 saturated carbocycles. The maximum atomic E-state index is 14.1. The molecule has 5 rings (SSSR count). The molecule has 0 unspecified atom stereocenters. The van der Waals surface area contributed by atoms with Crippen LogP contribution in [0.1, 0.15) is 43.5 Å². The van der Waals surface area contributed by atoms with Gasteiger partial charge in [0.1, 0.15) is 12.4 Å². The number of hydrogen-bond donors (Lipinski definition) is 0. The van der Waals surface area contributed by atoms with E-state index in [2.05, 4.69) is 50.2 Å². The average molecular weight is 905 g/mol. The smallest absolute Gasteiger partial charge is 0.338 e. The Morgan fingerprint density at radius 2 is 1.76 bits per heavy atom. The number of thiazole rings is 1. The highest BCUT2D eigenvalue weighted by molar-refractivity contribution is 14.1. The molecule has 1 aromatic heterocycles. The number of aromatic nitrogens is 1. The number of rotatable bonds is 10. The van der Waals surface area contributed by atoms with Crippen molar-refractivity contribution in [3.63, 3.8) is 0 Å². The minimum atomic E-state index is -0.779. The number of esters is 1. The van der Waals surface area contributed by atoms with E-state index in [1.807, 2.05) is 37.3 Å². The van der Waals surface area contributed by atoms with E-state index in [-0.39, 0.29) is 18.8 Å². The van der Waals surface area contributed by atoms with Crippen LogP contribution < -0.4 is 29.1 Å². The Labute approximate surface area is 306 Å². The van der Waals surface area contributed by atoms with E-state index < -0.39 is 12.0 Å². The van der Waals surface area contributed by atoms with E-state index in [9.17, 15) is 9.59 Å². The third-order valence-electron chi connectivity index (χ3n) is 7.03. The van der Waals surface area contributed by atoms with Crippen molar-refractivity contribution < 1.29 is 23.7 Å². The lowest BCUT2D eigenvalue weighted by Gasteiger charge is -2.25. The molecule has 0 N–H and O–H groups in total. The van der Waals surface area contributed by atoms with Crippen molar-refractivity contribution in [1.29, 1.82) is 0 Å². The third-order valence-corrected chi connectivity index (χ3v) is 10.2. The second kappa shape index (κ2) is 15.1. The summed E-state index contributed by atoms with van der Waals surface area (Å²) in [6, 6.07) is 13.8. The number of allylic oxidation sites excluding steroid dienone is 1. The van der Waals surface area contributed by atoms with E-state index in [4.69, 9.17) is 42.1 Å². The predicted octanol–water partition coefficient (Wildman–Crippen LogP) is 7.30. The Balaban J connectivity index is 1.57. The number of methoxy groups -OCH3 is 1. The van der Waals surface area contributed by atoms with Crippen molar-refractivity contribution in [2.75, 3.05) is 20.3 Å². The number of hydrogen-bond acceptors (Lipinski definition) is 8. The maximum Gasteiger partial charge on any atom is 0.338 e. The summed E-state index contributed by atoms with van der Waals surface area (Å²) in [4.78, 5) is 32.6. The molecule has 2 heterocycles. The third kappa shape index (κ3) is 7.28. The van der Waals surface area contributed by atoms with Crippen molar-refractivity contribution in [2.45, 2.75) is 33.4 Å². The summed E-state index contributed by atoms with van der Waals surface area (Å²) < 4.78 is 26.6. The zero-order chi connectivity index (χ0) is 33.1. The van der Waals surface area contributed by atoms with Gasteiger partial charge >= 0.3 is 5.97 Å². The minimum Gasteiger partial charge on any atom is -0.493 e. The van der Waals surface area contributed by atoms with Gasteiger partial charge in [0.05, 0.1) is 49.3 Å². The van der Waals surface area contributed by atoms with Crippen molar-refractivity contribution in [1.82, 2.24) is 4.57 Å². The maximum absolute atomic E-state index is 14.1. The van der Waals surface area contributed by atoms with Gasteiger partial charge in [-0.15, -0.1) is 0 Å². The van der Waals surface area contributed by atoms with Gasteiger partial charge in [-0.2, -0.15) is 0 Å². The van der Waals surface area contributed by atoms with Crippen molar-refractivity contribution >= 4 is 91.8 Å². The summed E-state index contributed by atoms with van der Waals surface area (Å²) in [7, 11) is 1.56. The van der Waals surface area contributed by atoms with Gasteiger partial charge in [-0.05, 0) is 120 Å². The van der Waals surface area contributed by atoms with Crippen LogP contribution in [0, 0.1) is 7.14 Å². The topological polar surface area (TPSA) is 88.4 Å². The van der Waals surface area contributed by atoms with Gasteiger partial charge < -0.3 is 18.9 Å². The van der Waals surface area contributed by atoms with E-state index in [0.717, 1.165) is 18.3 Å². The molecule has 0 radical (unpaired) electrons. The first-order chi connectivity index (χ1) is 22.1. The number of ether oxygens (including phenoxy) is 4. The first-order valence-electron chi connectivity index (χ1n) is 14.1. The molecule has 1 atom stereocenters. The normalized spacial score (nSPS) is 14.5. The van der Waals surface area contributed by atoms with Crippen LogP contribution in [0.5, 0.6) is 17.2 Å². The molecule has 13 heteroatoms. The summed E-state index contributed by atoms with van der Waals surface area (Å²) in [6.45, 7) is 6.24. The van der Waals surface area contributed by atoms with Gasteiger partial charge in [0.2, 0.25) is 0 Å². The summed E-state index contributed by atoms with van der Waals surface area (Å²) >= 11 is 18.1. The number of carbonyl (C=O) groups excluding carboxylic acids is 1. The van der Waals surface area contributed by atoms with Crippen molar-refractivity contribution in [3.05, 3.63) is 113 Å². The average Bonchev–Trinajstić information content (AvgIpc) is 3.30. The van der Waals surface area contributed by atoms with Crippen LogP contribution in [0.15, 0.2) is 69.6 Å². The largest absolute Gasteiger partial charge is 0.493 e. The Morgan fingerprint density at radius 3 is 2.41 bits per heavy atom. The van der Waals surface area contributed by atoms with Crippen LogP contribution in [0.4, 0.5) is 0 Å². The van der Waals surface area contributed by atoms with Gasteiger partial charge in [-0.3, -0.25) is 9.36 Å². The van der Waals surface area contributed by atoms with Crippen LogP contribution in [0.3, 0.4) is 0 Å². The molecule has 0 bridgehead atoms. The molecule has 1 aliphatic rings. The monoisotopic (exact) mass is 904 g/mol. The molecule has 3 aromatic carbocycles. The van der Waals surface area contributed by atoms with E-state index in [1.54, 1.807) is 49.8 Å². The highest BCUT2D eigenvalue weighted by Gasteiger charge is 2.34. The number of nitrogens with zero attached hydrogens (tertiary/aromatic N) is 2. The summed E-state index contributed by atoms with van der Waals surface area (Å²) in [5.74, 6) is 1.23. The molecule has 0 spiro atoms. The van der Waals surface area contributed by atoms with Crippen molar-refractivity contribution in [3.8, 4) is 17.2 Å². The summed E-state index contributed by atoms with van der Waals surface area (Å²) in [5.41, 5.74) is 2.80. The van der Waals surface area contributed by atoms with Crippen LogP contribution >= 0.6 is 79.7 Å². The van der Waals surface area contributed by atoms with Gasteiger partial charge in [-0.25, -0.2) is 9.79 Å². The molecule has 4 aromatic rings. The SMILES string of the molecule is CCOC(=O)C1=C(C)N=c2s/c(=C\c3cc(I)c(OCc4ccc(Cl)cc4Cl)c(I)c3)c(=O)n2[C@H]1c1ccc(OC)c(OCC)c1. The fourth-order valence-electron chi connectivity index (χ4n) is 4.98. The fourth-order valence-corrected chi connectivity index (χ4v) is 8.62. The summed E-state index contributed by atoms with van der Waals surface area (Å²) in [6.07, 6.45) is 1.83. The molecule has 8 nitrogen and oxygen atoms in total. The molecule has 0 fully saturated rings. The van der Waals surface area contributed by atoms with Crippen LogP contribution in [-0.2, 0) is 16.1 Å². The van der Waals surface area contributed by atoms with Gasteiger partial charge in [0.25, 0.3) is 5.56 Å². The highest BCUT2D eigenvalue weighted by Crippen LogP contribution is 2.36. The van der Waals surface area contributed by atoms with E-state index in [1.165, 1.54) is 11.3 Å². The molecule has 0 saturated heterocycles. The van der Waals surface area contributed by atoms with E-state index >= 15 is 0 Å². The predicted molar refractivity (Wildman–Crippen MR) is 197 cm³/mol. The lowest BCUT2D eigenvalue weighted by Crippen LogP contribution is -2.40. The highest BCUT2D eigenvalue weighted by atomic mass is 127. The second-order valence-corrected chi connectivity index (χ2v) is 14.2. The Morgan fingerprint density at radius 1 is 1.02 bits per heavy atom. The number of halogens is 4. The van der Waals surface area contributed by atoms with Crippen LogP contribution in [-0.4, -0.2) is 30.9 Å². The lowest BCUT2D eigenvalue weighted by molar-refractivity contribution is -0.139. The van der Waals surface area contributed by atoms with E-state index in [0.29, 0.717) is 60.1 Å². The molecular weight excluding hydrogens is 877 g/mol. The second-order valence-electron chi connectivity index (χ2n) is 9.98. The number of carbonyl (C=O) groups is 1. The quantitative estimate of drug-likeness (QED) is 0.123. The number of fused-ring (bicyclic) bond motifs is 1. The zero-order valence-corrected chi connectivity index (χ0v) is 31.8. The molecule has 240 valence electrons. The Bertz CT molecular complexity index is 2020. The van der Waals surface area contributed by atoms with Crippen molar-refractivity contribution in [2.24, 2.45) is 4.99 Å². The van der Waals surface area contributed by atoms with Gasteiger partial charge in [0, 0.05) is 15.6 Å². The zero-order valence-electron chi connectivity index (χ0n) is 25.2. The lowest BCUT2D eigenvalue weighted by atomic mass is 9.95. The number of benzene rings is 3. The molecular formula is C33H28Cl2I2N2O6S. The minimum absolute atomic E-state index is 0.184. The summed E-state index contributed by atoms with van der Waals surface area (Å²) in [5, 5.41) is 1.10. The van der Waals surface area contributed by atoms with Crippen LogP contribution in [0.25, 0.3) is 6.08 Å².